The van der Waals surface area contributed by atoms with Crippen molar-refractivity contribution >= 4 is 17.6 Å². The normalized spacial score (nSPS) is 10.2. The lowest BCUT2D eigenvalue weighted by Crippen LogP contribution is -1.97. The van der Waals surface area contributed by atoms with E-state index in [9.17, 15) is 4.79 Å². The van der Waals surface area contributed by atoms with Crippen molar-refractivity contribution < 1.29 is 4.79 Å². The zero-order valence-corrected chi connectivity index (χ0v) is 7.70. The first-order chi connectivity index (χ1) is 6.38. The minimum atomic E-state index is 0.622. The second-order valence-electron chi connectivity index (χ2n) is 2.67. The van der Waals surface area contributed by atoms with E-state index in [-0.39, 0.29) is 0 Å². The molecule has 0 saturated carbocycles. The first-order valence-corrected chi connectivity index (χ1v) is 4.76. The third-order valence-electron chi connectivity index (χ3n) is 1.69. The average molecular weight is 192 g/mol. The Morgan fingerprint density at radius 2 is 2.54 bits per heavy atom. The highest BCUT2D eigenvalue weighted by atomic mass is 32.1. The second-order valence-corrected chi connectivity index (χ2v) is 3.70. The Kier molecular flexibility index (Phi) is 2.23. The van der Waals surface area contributed by atoms with Crippen molar-refractivity contribution in [1.82, 2.24) is 9.78 Å². The Bertz CT molecular complexity index is 391. The summed E-state index contributed by atoms with van der Waals surface area (Å²) in [7, 11) is 0. The van der Waals surface area contributed by atoms with Gasteiger partial charge in [-0.3, -0.25) is 9.48 Å². The molecule has 0 unspecified atom stereocenters. The van der Waals surface area contributed by atoms with Crippen LogP contribution in [0.25, 0.3) is 0 Å². The number of rotatable bonds is 3. The molecule has 2 heterocycles. The summed E-state index contributed by atoms with van der Waals surface area (Å²) in [4.78, 5) is 11.6. The quantitative estimate of drug-likeness (QED) is 0.695. The molecule has 2 aromatic rings. The van der Waals surface area contributed by atoms with E-state index in [4.69, 9.17) is 0 Å². The highest BCUT2D eigenvalue weighted by molar-refractivity contribution is 7.09. The number of carbonyl (C=O) groups is 1. The topological polar surface area (TPSA) is 34.9 Å². The Hall–Kier alpha value is -1.42. The molecule has 0 atom stereocenters. The van der Waals surface area contributed by atoms with E-state index < -0.39 is 0 Å². The number of hydrogen-bond donors (Lipinski definition) is 0. The Labute approximate surface area is 79.6 Å². The minimum Gasteiger partial charge on any atom is -0.298 e. The molecule has 0 saturated heterocycles. The molecule has 2 aromatic heterocycles. The molecule has 13 heavy (non-hydrogen) atoms. The van der Waals surface area contributed by atoms with Crippen LogP contribution in [0.1, 0.15) is 15.2 Å². The molecule has 0 aliphatic carbocycles. The highest BCUT2D eigenvalue weighted by Gasteiger charge is 1.98. The summed E-state index contributed by atoms with van der Waals surface area (Å²) in [6.07, 6.45) is 4.12. The van der Waals surface area contributed by atoms with E-state index in [1.54, 1.807) is 28.4 Å². The maximum absolute atomic E-state index is 10.4. The van der Waals surface area contributed by atoms with E-state index in [0.29, 0.717) is 5.56 Å². The molecule has 3 nitrogen and oxygen atoms in total. The molecule has 0 N–H and O–H groups in total. The van der Waals surface area contributed by atoms with Crippen LogP contribution in [0.3, 0.4) is 0 Å². The van der Waals surface area contributed by atoms with Crippen LogP contribution in [-0.2, 0) is 6.54 Å². The van der Waals surface area contributed by atoms with Crippen LogP contribution in [0.15, 0.2) is 29.9 Å². The van der Waals surface area contributed by atoms with Crippen LogP contribution in [0.2, 0.25) is 0 Å². The maximum Gasteiger partial charge on any atom is 0.153 e. The summed E-state index contributed by atoms with van der Waals surface area (Å²) < 4.78 is 1.76. The van der Waals surface area contributed by atoms with Crippen LogP contribution in [0, 0.1) is 0 Å². The van der Waals surface area contributed by atoms with Crippen LogP contribution >= 0.6 is 11.3 Å². The van der Waals surface area contributed by atoms with Crippen molar-refractivity contribution in [3.8, 4) is 0 Å². The van der Waals surface area contributed by atoms with Gasteiger partial charge in [-0.1, -0.05) is 6.07 Å². The van der Waals surface area contributed by atoms with Gasteiger partial charge in [-0.05, 0) is 11.4 Å². The van der Waals surface area contributed by atoms with Crippen LogP contribution in [0.4, 0.5) is 0 Å². The van der Waals surface area contributed by atoms with Gasteiger partial charge in [0.2, 0.25) is 0 Å². The number of aldehydes is 1. The average Bonchev–Trinajstić information content (AvgIpc) is 2.76. The molecule has 0 bridgehead atoms. The third kappa shape index (κ3) is 1.84. The van der Waals surface area contributed by atoms with Gasteiger partial charge in [0, 0.05) is 11.1 Å². The fourth-order valence-corrected chi connectivity index (χ4v) is 1.78. The Morgan fingerprint density at radius 3 is 3.15 bits per heavy atom. The van der Waals surface area contributed by atoms with Crippen LogP contribution in [0.5, 0.6) is 0 Å². The number of aromatic nitrogens is 2. The molecule has 66 valence electrons. The lowest BCUT2D eigenvalue weighted by atomic mass is 10.4. The summed E-state index contributed by atoms with van der Waals surface area (Å²) in [5.41, 5.74) is 0.622. The standard InChI is InChI=1S/C9H8N2OS/c12-7-8-4-10-11(5-8)6-9-2-1-3-13-9/h1-5,7H,6H2. The smallest absolute Gasteiger partial charge is 0.153 e. The number of carbonyl (C=O) groups excluding carboxylic acids is 1. The van der Waals surface area contributed by atoms with Crippen molar-refractivity contribution in [1.29, 1.82) is 0 Å². The molecule has 0 radical (unpaired) electrons. The van der Waals surface area contributed by atoms with Gasteiger partial charge in [-0.15, -0.1) is 11.3 Å². The van der Waals surface area contributed by atoms with Gasteiger partial charge in [0.25, 0.3) is 0 Å². The predicted octanol–water partition coefficient (Wildman–Crippen LogP) is 1.81. The van der Waals surface area contributed by atoms with Crippen molar-refractivity contribution in [3.63, 3.8) is 0 Å². The SMILES string of the molecule is O=Cc1cnn(Cc2cccs2)c1. The lowest BCUT2D eigenvalue weighted by Gasteiger charge is -1.95. The van der Waals surface area contributed by atoms with Gasteiger partial charge in [0.1, 0.15) is 0 Å². The number of thiophene rings is 1. The highest BCUT2D eigenvalue weighted by Crippen LogP contribution is 2.09. The largest absolute Gasteiger partial charge is 0.298 e. The fraction of sp³-hybridized carbons (Fsp3) is 0.111. The van der Waals surface area contributed by atoms with Gasteiger partial charge in [-0.2, -0.15) is 5.10 Å². The fourth-order valence-electron chi connectivity index (χ4n) is 1.09. The van der Waals surface area contributed by atoms with Crippen LogP contribution < -0.4 is 0 Å². The van der Waals surface area contributed by atoms with E-state index in [2.05, 4.69) is 5.10 Å². The third-order valence-corrected chi connectivity index (χ3v) is 2.55. The summed E-state index contributed by atoms with van der Waals surface area (Å²) in [6.45, 7) is 0.742. The number of nitrogens with zero attached hydrogens (tertiary/aromatic N) is 2. The van der Waals surface area contributed by atoms with Crippen molar-refractivity contribution in [3.05, 3.63) is 40.3 Å². The first kappa shape index (κ1) is 8.19. The van der Waals surface area contributed by atoms with Crippen LogP contribution in [-0.4, -0.2) is 16.1 Å². The Morgan fingerprint density at radius 1 is 1.62 bits per heavy atom. The van der Waals surface area contributed by atoms with Gasteiger partial charge < -0.3 is 0 Å². The molecular weight excluding hydrogens is 184 g/mol. The van der Waals surface area contributed by atoms with Crippen molar-refractivity contribution in [2.75, 3.05) is 0 Å². The molecule has 0 aliphatic rings. The van der Waals surface area contributed by atoms with E-state index in [0.717, 1.165) is 12.8 Å². The second kappa shape index (κ2) is 3.53. The molecular formula is C9H8N2OS. The number of hydrogen-bond acceptors (Lipinski definition) is 3. The predicted molar refractivity (Wildman–Crippen MR) is 51.0 cm³/mol. The molecule has 0 aromatic carbocycles. The summed E-state index contributed by atoms with van der Waals surface area (Å²) in [5.74, 6) is 0. The zero-order chi connectivity index (χ0) is 9.10. The van der Waals surface area contributed by atoms with Gasteiger partial charge >= 0.3 is 0 Å². The molecule has 0 aliphatic heterocycles. The summed E-state index contributed by atoms with van der Waals surface area (Å²) in [6, 6.07) is 4.05. The van der Waals surface area contributed by atoms with Crippen molar-refractivity contribution in [2.24, 2.45) is 0 Å². The molecule has 4 heteroatoms. The van der Waals surface area contributed by atoms with E-state index in [1.807, 2.05) is 17.5 Å². The van der Waals surface area contributed by atoms with E-state index >= 15 is 0 Å². The molecule has 0 spiro atoms. The monoisotopic (exact) mass is 192 g/mol. The Balaban J connectivity index is 2.14. The molecule has 2 rings (SSSR count). The van der Waals surface area contributed by atoms with Crippen molar-refractivity contribution in [2.45, 2.75) is 6.54 Å². The zero-order valence-electron chi connectivity index (χ0n) is 6.88. The minimum absolute atomic E-state index is 0.622. The lowest BCUT2D eigenvalue weighted by molar-refractivity contribution is 0.112. The van der Waals surface area contributed by atoms with Gasteiger partial charge in [0.05, 0.1) is 18.3 Å². The van der Waals surface area contributed by atoms with E-state index in [1.165, 1.54) is 4.88 Å². The summed E-state index contributed by atoms with van der Waals surface area (Å²) in [5, 5.41) is 6.08. The van der Waals surface area contributed by atoms with Gasteiger partial charge in [-0.25, -0.2) is 0 Å². The van der Waals surface area contributed by atoms with Gasteiger partial charge in [0.15, 0.2) is 6.29 Å². The molecule has 0 fully saturated rings. The first-order valence-electron chi connectivity index (χ1n) is 3.88. The molecule has 0 amide bonds. The summed E-state index contributed by atoms with van der Waals surface area (Å²) >= 11 is 1.69. The maximum atomic E-state index is 10.4.